The van der Waals surface area contributed by atoms with Crippen LogP contribution in [0.5, 0.6) is 0 Å². The van der Waals surface area contributed by atoms with Gasteiger partial charge in [-0.2, -0.15) is 0 Å². The molecule has 0 saturated carbocycles. The van der Waals surface area contributed by atoms with Crippen LogP contribution in [-0.2, 0) is 4.79 Å². The standard InChI is InChI=1S/C9H18N2O/c1-8(12)10-7-5-9-4-2-3-6-11-9/h9,11H,2-7H2,1H3,(H,10,12)/p+1/t9-/m1/s1. The second-order valence-electron chi connectivity index (χ2n) is 3.55. The first-order valence-electron chi connectivity index (χ1n) is 4.87. The summed E-state index contributed by atoms with van der Waals surface area (Å²) in [4.78, 5) is 10.6. The van der Waals surface area contributed by atoms with E-state index in [9.17, 15) is 4.79 Å². The maximum Gasteiger partial charge on any atom is 0.216 e. The summed E-state index contributed by atoms with van der Waals surface area (Å²) in [6.45, 7) is 3.69. The topological polar surface area (TPSA) is 45.7 Å². The fourth-order valence-corrected chi connectivity index (χ4v) is 1.72. The van der Waals surface area contributed by atoms with E-state index in [1.165, 1.54) is 25.8 Å². The highest BCUT2D eigenvalue weighted by atomic mass is 16.1. The Bertz CT molecular complexity index is 141. The molecule has 0 unspecified atom stereocenters. The van der Waals surface area contributed by atoms with Gasteiger partial charge >= 0.3 is 0 Å². The van der Waals surface area contributed by atoms with Crippen molar-refractivity contribution in [3.8, 4) is 0 Å². The highest BCUT2D eigenvalue weighted by Gasteiger charge is 2.15. The van der Waals surface area contributed by atoms with Crippen LogP contribution in [0.1, 0.15) is 32.6 Å². The van der Waals surface area contributed by atoms with Gasteiger partial charge in [0.15, 0.2) is 0 Å². The second-order valence-corrected chi connectivity index (χ2v) is 3.55. The van der Waals surface area contributed by atoms with E-state index in [0.29, 0.717) is 0 Å². The van der Waals surface area contributed by atoms with Gasteiger partial charge in [0, 0.05) is 19.9 Å². The molecule has 1 rings (SSSR count). The Morgan fingerprint density at radius 1 is 1.58 bits per heavy atom. The van der Waals surface area contributed by atoms with Crippen molar-refractivity contribution in [1.29, 1.82) is 0 Å². The molecule has 0 aromatic rings. The zero-order valence-corrected chi connectivity index (χ0v) is 7.81. The second kappa shape index (κ2) is 5.14. The van der Waals surface area contributed by atoms with Gasteiger partial charge in [0.1, 0.15) is 0 Å². The smallest absolute Gasteiger partial charge is 0.216 e. The maximum absolute atomic E-state index is 10.6. The van der Waals surface area contributed by atoms with Gasteiger partial charge in [-0.3, -0.25) is 4.79 Å². The minimum atomic E-state index is 0.0887. The van der Waals surface area contributed by atoms with E-state index < -0.39 is 0 Å². The Labute approximate surface area is 73.9 Å². The summed E-state index contributed by atoms with van der Waals surface area (Å²) in [7, 11) is 0. The number of piperidine rings is 1. The lowest BCUT2D eigenvalue weighted by atomic mass is 10.0. The van der Waals surface area contributed by atoms with Crippen molar-refractivity contribution in [3.63, 3.8) is 0 Å². The van der Waals surface area contributed by atoms with Crippen LogP contribution in [0, 0.1) is 0 Å². The van der Waals surface area contributed by atoms with Crippen LogP contribution in [-0.4, -0.2) is 25.0 Å². The van der Waals surface area contributed by atoms with Gasteiger partial charge < -0.3 is 10.6 Å². The van der Waals surface area contributed by atoms with Gasteiger partial charge in [-0.25, -0.2) is 0 Å². The molecule has 0 aromatic carbocycles. The molecule has 0 aromatic heterocycles. The number of quaternary nitrogens is 1. The zero-order valence-electron chi connectivity index (χ0n) is 7.81. The molecule has 3 heteroatoms. The monoisotopic (exact) mass is 171 g/mol. The molecular formula is C9H19N2O+. The summed E-state index contributed by atoms with van der Waals surface area (Å²) in [6, 6.07) is 0.755. The van der Waals surface area contributed by atoms with Gasteiger partial charge in [0.25, 0.3) is 0 Å². The number of hydrogen-bond donors (Lipinski definition) is 2. The van der Waals surface area contributed by atoms with Crippen molar-refractivity contribution < 1.29 is 10.1 Å². The number of carbonyl (C=O) groups is 1. The lowest BCUT2D eigenvalue weighted by molar-refractivity contribution is -0.697. The highest BCUT2D eigenvalue weighted by molar-refractivity contribution is 5.72. The van der Waals surface area contributed by atoms with Crippen molar-refractivity contribution in [2.75, 3.05) is 13.1 Å². The molecule has 70 valence electrons. The molecule has 3 nitrogen and oxygen atoms in total. The number of amides is 1. The van der Waals surface area contributed by atoms with Crippen LogP contribution in [0.4, 0.5) is 0 Å². The van der Waals surface area contributed by atoms with Gasteiger partial charge in [0.2, 0.25) is 5.91 Å². The van der Waals surface area contributed by atoms with E-state index >= 15 is 0 Å². The molecule has 0 aliphatic carbocycles. The van der Waals surface area contributed by atoms with E-state index in [-0.39, 0.29) is 5.91 Å². The summed E-state index contributed by atoms with van der Waals surface area (Å²) < 4.78 is 0. The summed E-state index contributed by atoms with van der Waals surface area (Å²) in [5, 5.41) is 5.24. The molecule has 1 atom stereocenters. The lowest BCUT2D eigenvalue weighted by Gasteiger charge is -2.19. The third-order valence-corrected chi connectivity index (χ3v) is 2.42. The lowest BCUT2D eigenvalue weighted by Crippen LogP contribution is -2.91. The van der Waals surface area contributed by atoms with E-state index in [1.54, 1.807) is 6.92 Å². The minimum Gasteiger partial charge on any atom is -0.356 e. The van der Waals surface area contributed by atoms with Crippen LogP contribution in [0.25, 0.3) is 0 Å². The van der Waals surface area contributed by atoms with Crippen LogP contribution < -0.4 is 10.6 Å². The molecule has 0 radical (unpaired) electrons. The summed E-state index contributed by atoms with van der Waals surface area (Å²) in [5.41, 5.74) is 0. The predicted molar refractivity (Wildman–Crippen MR) is 47.7 cm³/mol. The fraction of sp³-hybridized carbons (Fsp3) is 0.889. The first-order chi connectivity index (χ1) is 5.79. The van der Waals surface area contributed by atoms with Gasteiger partial charge in [-0.05, 0) is 19.3 Å². The largest absolute Gasteiger partial charge is 0.356 e. The molecule has 1 amide bonds. The third kappa shape index (κ3) is 3.72. The molecule has 0 spiro atoms. The molecule has 1 heterocycles. The predicted octanol–water partition coefficient (Wildman–Crippen LogP) is -0.371. The Kier molecular flexibility index (Phi) is 4.08. The van der Waals surface area contributed by atoms with Crippen molar-refractivity contribution in [3.05, 3.63) is 0 Å². The first-order valence-corrected chi connectivity index (χ1v) is 4.87. The molecule has 1 fully saturated rings. The number of rotatable bonds is 3. The summed E-state index contributed by atoms with van der Waals surface area (Å²) in [5.74, 6) is 0.0887. The highest BCUT2D eigenvalue weighted by Crippen LogP contribution is 2.03. The van der Waals surface area contributed by atoms with Crippen molar-refractivity contribution in [2.45, 2.75) is 38.6 Å². The van der Waals surface area contributed by atoms with E-state index in [0.717, 1.165) is 19.0 Å². The number of nitrogens with two attached hydrogens (primary N) is 1. The van der Waals surface area contributed by atoms with Gasteiger partial charge in [0.05, 0.1) is 12.6 Å². The van der Waals surface area contributed by atoms with E-state index in [1.807, 2.05) is 0 Å². The number of nitrogens with one attached hydrogen (secondary N) is 1. The normalized spacial score (nSPS) is 23.6. The average Bonchev–Trinajstić information content (AvgIpc) is 2.05. The zero-order chi connectivity index (χ0) is 8.81. The van der Waals surface area contributed by atoms with Crippen LogP contribution in [0.3, 0.4) is 0 Å². The minimum absolute atomic E-state index is 0.0887. The molecule has 3 N–H and O–H groups in total. The number of hydrogen-bond acceptors (Lipinski definition) is 1. The SMILES string of the molecule is CC(=O)NCC[C@H]1CCCC[NH2+]1. The van der Waals surface area contributed by atoms with Gasteiger partial charge in [-0.15, -0.1) is 0 Å². The van der Waals surface area contributed by atoms with E-state index in [4.69, 9.17) is 0 Å². The summed E-state index contributed by atoms with van der Waals surface area (Å²) >= 11 is 0. The Balaban J connectivity index is 2.01. The van der Waals surface area contributed by atoms with Crippen LogP contribution in [0.2, 0.25) is 0 Å². The summed E-state index contributed by atoms with van der Waals surface area (Å²) in [6.07, 6.45) is 5.16. The number of carbonyl (C=O) groups excluding carboxylic acids is 1. The molecule has 12 heavy (non-hydrogen) atoms. The van der Waals surface area contributed by atoms with Gasteiger partial charge in [-0.1, -0.05) is 0 Å². The molecule has 0 bridgehead atoms. The van der Waals surface area contributed by atoms with Crippen molar-refractivity contribution in [1.82, 2.24) is 5.32 Å². The van der Waals surface area contributed by atoms with Crippen molar-refractivity contribution >= 4 is 5.91 Å². The fourth-order valence-electron chi connectivity index (χ4n) is 1.72. The maximum atomic E-state index is 10.6. The van der Waals surface area contributed by atoms with Crippen molar-refractivity contribution in [2.24, 2.45) is 0 Å². The molecule has 1 saturated heterocycles. The molecule has 1 aliphatic heterocycles. The third-order valence-electron chi connectivity index (χ3n) is 2.42. The van der Waals surface area contributed by atoms with E-state index in [2.05, 4.69) is 10.6 Å². The molecule has 1 aliphatic rings. The Morgan fingerprint density at radius 3 is 3.00 bits per heavy atom. The quantitative estimate of drug-likeness (QED) is 0.598. The Morgan fingerprint density at radius 2 is 2.42 bits per heavy atom. The van der Waals surface area contributed by atoms with Crippen LogP contribution in [0.15, 0.2) is 0 Å². The first kappa shape index (κ1) is 9.52. The Hall–Kier alpha value is -0.570. The average molecular weight is 171 g/mol. The molecular weight excluding hydrogens is 152 g/mol. The van der Waals surface area contributed by atoms with Crippen LogP contribution >= 0.6 is 0 Å².